The lowest BCUT2D eigenvalue weighted by Gasteiger charge is -2.19. The van der Waals surface area contributed by atoms with Crippen molar-refractivity contribution in [2.75, 3.05) is 5.73 Å². The summed E-state index contributed by atoms with van der Waals surface area (Å²) in [5.74, 6) is 1.48. The minimum absolute atomic E-state index is 0.342. The Labute approximate surface area is 119 Å². The smallest absolute Gasteiger partial charge is 0.145 e. The second kappa shape index (κ2) is 5.19. The van der Waals surface area contributed by atoms with Crippen molar-refractivity contribution in [3.05, 3.63) is 29.3 Å². The van der Waals surface area contributed by atoms with E-state index in [4.69, 9.17) is 10.5 Å². The number of H-pyrrole nitrogens is 1. The van der Waals surface area contributed by atoms with Crippen molar-refractivity contribution < 1.29 is 4.74 Å². The molecule has 106 valence electrons. The van der Waals surface area contributed by atoms with Gasteiger partial charge in [-0.05, 0) is 56.7 Å². The van der Waals surface area contributed by atoms with Gasteiger partial charge in [-0.1, -0.05) is 6.07 Å². The van der Waals surface area contributed by atoms with Gasteiger partial charge in [-0.3, -0.25) is 5.10 Å². The van der Waals surface area contributed by atoms with Gasteiger partial charge in [-0.25, -0.2) is 0 Å². The van der Waals surface area contributed by atoms with Crippen molar-refractivity contribution in [3.63, 3.8) is 0 Å². The molecule has 1 aromatic heterocycles. The molecule has 1 saturated carbocycles. The Morgan fingerprint density at radius 1 is 1.25 bits per heavy atom. The molecule has 1 aliphatic rings. The molecule has 1 aromatic carbocycles. The Kier molecular flexibility index (Phi) is 3.38. The Bertz CT molecular complexity index is 612. The standard InChI is InChI=1S/C16H21N3O/c1-10-7-8-13(14-9-15(17)19-18-14)16(11(10)2)20-12-5-3-4-6-12/h7-9,12H,3-6H2,1-2H3,(H3,17,18,19). The maximum atomic E-state index is 6.29. The average molecular weight is 271 g/mol. The number of hydrogen-bond acceptors (Lipinski definition) is 3. The van der Waals surface area contributed by atoms with Crippen LogP contribution in [0.15, 0.2) is 18.2 Å². The fourth-order valence-electron chi connectivity index (χ4n) is 2.80. The summed E-state index contributed by atoms with van der Waals surface area (Å²) >= 11 is 0. The number of anilines is 1. The number of nitrogens with zero attached hydrogens (tertiary/aromatic N) is 1. The first-order valence-corrected chi connectivity index (χ1v) is 7.23. The molecular weight excluding hydrogens is 250 g/mol. The molecule has 0 spiro atoms. The van der Waals surface area contributed by atoms with Crippen LogP contribution in [0.3, 0.4) is 0 Å². The number of hydrogen-bond donors (Lipinski definition) is 2. The van der Waals surface area contributed by atoms with Gasteiger partial charge in [0.1, 0.15) is 11.6 Å². The molecule has 1 heterocycles. The third kappa shape index (κ3) is 2.38. The summed E-state index contributed by atoms with van der Waals surface area (Å²) < 4.78 is 6.29. The number of benzene rings is 1. The van der Waals surface area contributed by atoms with Gasteiger partial charge in [0, 0.05) is 11.6 Å². The third-order valence-corrected chi connectivity index (χ3v) is 4.15. The molecular formula is C16H21N3O. The number of nitrogens with one attached hydrogen (secondary N) is 1. The molecule has 0 saturated heterocycles. The fraction of sp³-hybridized carbons (Fsp3) is 0.438. The van der Waals surface area contributed by atoms with E-state index < -0.39 is 0 Å². The van der Waals surface area contributed by atoms with E-state index in [1.807, 2.05) is 6.07 Å². The number of aromatic amines is 1. The SMILES string of the molecule is Cc1ccc(-c2cc(N)n[nH]2)c(OC2CCCC2)c1C. The van der Waals surface area contributed by atoms with Crippen molar-refractivity contribution in [1.82, 2.24) is 10.2 Å². The molecule has 2 aromatic rings. The number of ether oxygens (including phenoxy) is 1. The maximum absolute atomic E-state index is 6.29. The first-order chi connectivity index (χ1) is 9.65. The van der Waals surface area contributed by atoms with Gasteiger partial charge in [-0.2, -0.15) is 5.10 Å². The predicted octanol–water partition coefficient (Wildman–Crippen LogP) is 3.60. The molecule has 4 nitrogen and oxygen atoms in total. The predicted molar refractivity (Wildman–Crippen MR) is 80.8 cm³/mol. The number of aryl methyl sites for hydroxylation is 1. The van der Waals surface area contributed by atoms with Gasteiger partial charge in [0.2, 0.25) is 0 Å². The molecule has 0 aliphatic heterocycles. The highest BCUT2D eigenvalue weighted by Crippen LogP contribution is 2.36. The van der Waals surface area contributed by atoms with E-state index >= 15 is 0 Å². The molecule has 4 heteroatoms. The van der Waals surface area contributed by atoms with E-state index in [1.165, 1.54) is 24.0 Å². The summed E-state index contributed by atoms with van der Waals surface area (Å²) in [4.78, 5) is 0. The number of nitrogen functional groups attached to an aromatic ring is 1. The van der Waals surface area contributed by atoms with Crippen molar-refractivity contribution >= 4 is 5.82 Å². The average Bonchev–Trinajstić information content (AvgIpc) is 3.07. The Morgan fingerprint density at radius 2 is 2.00 bits per heavy atom. The zero-order chi connectivity index (χ0) is 14.1. The first kappa shape index (κ1) is 13.0. The van der Waals surface area contributed by atoms with Crippen LogP contribution in [0.4, 0.5) is 5.82 Å². The van der Waals surface area contributed by atoms with Crippen molar-refractivity contribution in [3.8, 4) is 17.0 Å². The normalized spacial score (nSPS) is 15.7. The van der Waals surface area contributed by atoms with Crippen LogP contribution in [-0.4, -0.2) is 16.3 Å². The quantitative estimate of drug-likeness (QED) is 0.896. The lowest BCUT2D eigenvalue weighted by Crippen LogP contribution is -2.12. The second-order valence-electron chi connectivity index (χ2n) is 5.61. The van der Waals surface area contributed by atoms with E-state index in [-0.39, 0.29) is 0 Å². The van der Waals surface area contributed by atoms with Crippen LogP contribution < -0.4 is 10.5 Å². The number of aromatic nitrogens is 2. The largest absolute Gasteiger partial charge is 0.489 e. The third-order valence-electron chi connectivity index (χ3n) is 4.15. The van der Waals surface area contributed by atoms with Gasteiger partial charge < -0.3 is 10.5 Å². The van der Waals surface area contributed by atoms with Gasteiger partial charge in [0.05, 0.1) is 11.8 Å². The topological polar surface area (TPSA) is 63.9 Å². The molecule has 1 fully saturated rings. The Balaban J connectivity index is 2.02. The lowest BCUT2D eigenvalue weighted by atomic mass is 10.0. The summed E-state index contributed by atoms with van der Waals surface area (Å²) in [6, 6.07) is 6.05. The zero-order valence-electron chi connectivity index (χ0n) is 12.1. The van der Waals surface area contributed by atoms with Gasteiger partial charge in [0.15, 0.2) is 0 Å². The molecule has 1 aliphatic carbocycles. The van der Waals surface area contributed by atoms with E-state index in [9.17, 15) is 0 Å². The molecule has 3 N–H and O–H groups in total. The van der Waals surface area contributed by atoms with E-state index in [1.54, 1.807) is 0 Å². The fourth-order valence-corrected chi connectivity index (χ4v) is 2.80. The molecule has 3 rings (SSSR count). The van der Waals surface area contributed by atoms with Crippen LogP contribution in [0.2, 0.25) is 0 Å². The van der Waals surface area contributed by atoms with E-state index in [2.05, 4.69) is 36.2 Å². The highest BCUT2D eigenvalue weighted by molar-refractivity contribution is 5.71. The summed E-state index contributed by atoms with van der Waals surface area (Å²) in [5.41, 5.74) is 10.1. The van der Waals surface area contributed by atoms with Crippen LogP contribution in [0.1, 0.15) is 36.8 Å². The minimum Gasteiger partial charge on any atom is -0.489 e. The van der Waals surface area contributed by atoms with E-state index in [0.717, 1.165) is 29.8 Å². The first-order valence-electron chi connectivity index (χ1n) is 7.23. The summed E-state index contributed by atoms with van der Waals surface area (Å²) in [6.45, 7) is 4.23. The van der Waals surface area contributed by atoms with Crippen molar-refractivity contribution in [1.29, 1.82) is 0 Å². The monoisotopic (exact) mass is 271 g/mol. The van der Waals surface area contributed by atoms with Crippen molar-refractivity contribution in [2.45, 2.75) is 45.6 Å². The van der Waals surface area contributed by atoms with E-state index in [0.29, 0.717) is 11.9 Å². The molecule has 20 heavy (non-hydrogen) atoms. The molecule has 0 atom stereocenters. The summed E-state index contributed by atoms with van der Waals surface area (Å²) in [5, 5.41) is 6.99. The van der Waals surface area contributed by atoms with Crippen LogP contribution >= 0.6 is 0 Å². The lowest BCUT2D eigenvalue weighted by molar-refractivity contribution is 0.209. The zero-order valence-corrected chi connectivity index (χ0v) is 12.1. The molecule has 0 amide bonds. The van der Waals surface area contributed by atoms with Gasteiger partial charge >= 0.3 is 0 Å². The molecule has 0 radical (unpaired) electrons. The van der Waals surface area contributed by atoms with Crippen LogP contribution in [0, 0.1) is 13.8 Å². The maximum Gasteiger partial charge on any atom is 0.145 e. The van der Waals surface area contributed by atoms with Gasteiger partial charge in [-0.15, -0.1) is 0 Å². The van der Waals surface area contributed by atoms with Gasteiger partial charge in [0.25, 0.3) is 0 Å². The Hall–Kier alpha value is -1.97. The highest BCUT2D eigenvalue weighted by atomic mass is 16.5. The second-order valence-corrected chi connectivity index (χ2v) is 5.61. The molecule has 0 bridgehead atoms. The summed E-state index contributed by atoms with van der Waals surface area (Å²) in [7, 11) is 0. The number of nitrogens with two attached hydrogens (primary N) is 1. The highest BCUT2D eigenvalue weighted by Gasteiger charge is 2.21. The Morgan fingerprint density at radius 3 is 2.65 bits per heavy atom. The minimum atomic E-state index is 0.342. The number of rotatable bonds is 3. The summed E-state index contributed by atoms with van der Waals surface area (Å²) in [6.07, 6.45) is 5.18. The van der Waals surface area contributed by atoms with Crippen LogP contribution in [0.5, 0.6) is 5.75 Å². The van der Waals surface area contributed by atoms with Crippen LogP contribution in [0.25, 0.3) is 11.3 Å². The van der Waals surface area contributed by atoms with Crippen molar-refractivity contribution in [2.24, 2.45) is 0 Å². The molecule has 0 unspecified atom stereocenters. The van der Waals surface area contributed by atoms with Crippen LogP contribution in [-0.2, 0) is 0 Å².